The number of carboxylic acid groups (broad SMARTS) is 1. The molecule has 0 aliphatic carbocycles. The lowest BCUT2D eigenvalue weighted by molar-refractivity contribution is -0.120. The summed E-state index contributed by atoms with van der Waals surface area (Å²) in [5.74, 6) is 0.117. The van der Waals surface area contributed by atoms with Crippen molar-refractivity contribution in [1.29, 1.82) is 0 Å². The third-order valence-electron chi connectivity index (χ3n) is 4.38. The number of carbonyl (C=O) groups is 3. The molecule has 0 unspecified atom stereocenters. The molecule has 2 heterocycles. The zero-order valence-corrected chi connectivity index (χ0v) is 18.6. The van der Waals surface area contributed by atoms with Gasteiger partial charge in [0.1, 0.15) is 11.4 Å². The molecule has 3 amide bonds. The number of nitrogens with zero attached hydrogens (tertiary/aromatic N) is 3. The van der Waals surface area contributed by atoms with Gasteiger partial charge >= 0.3 is 6.09 Å². The fourth-order valence-corrected chi connectivity index (χ4v) is 2.71. The Kier molecular flexibility index (Phi) is 10.9. The molecule has 12 nitrogen and oxygen atoms in total. The summed E-state index contributed by atoms with van der Waals surface area (Å²) in [4.78, 5) is 47.1. The molecule has 2 rings (SSSR count). The number of hydrogen-bond donors (Lipinski definition) is 6. The maximum absolute atomic E-state index is 12.6. The highest BCUT2D eigenvalue weighted by Crippen LogP contribution is 2.14. The van der Waals surface area contributed by atoms with E-state index in [0.717, 1.165) is 18.4 Å². The molecule has 12 heteroatoms. The van der Waals surface area contributed by atoms with Gasteiger partial charge in [-0.05, 0) is 37.0 Å². The van der Waals surface area contributed by atoms with E-state index in [1.54, 1.807) is 12.4 Å². The van der Waals surface area contributed by atoms with Crippen molar-refractivity contribution < 1.29 is 19.5 Å². The van der Waals surface area contributed by atoms with E-state index in [1.807, 2.05) is 24.4 Å². The fraction of sp³-hybridized carbons (Fsp3) is 0.429. The largest absolute Gasteiger partial charge is 0.465 e. The predicted molar refractivity (Wildman–Crippen MR) is 123 cm³/mol. The van der Waals surface area contributed by atoms with Crippen LogP contribution < -0.4 is 26.6 Å². The van der Waals surface area contributed by atoms with E-state index in [-0.39, 0.29) is 12.5 Å². The van der Waals surface area contributed by atoms with Gasteiger partial charge < -0.3 is 31.7 Å². The Balaban J connectivity index is 1.83. The van der Waals surface area contributed by atoms with E-state index in [1.165, 1.54) is 6.20 Å². The number of amides is 3. The van der Waals surface area contributed by atoms with Crippen molar-refractivity contribution in [2.45, 2.75) is 26.2 Å². The molecule has 0 saturated carbocycles. The second-order valence-electron chi connectivity index (χ2n) is 7.03. The monoisotopic (exact) mass is 458 g/mol. The van der Waals surface area contributed by atoms with E-state index in [2.05, 4.69) is 36.2 Å². The topological polar surface area (TPSA) is 170 Å². The first kappa shape index (κ1) is 25.3. The second-order valence-corrected chi connectivity index (χ2v) is 7.03. The quantitative estimate of drug-likeness (QED) is 0.225. The van der Waals surface area contributed by atoms with Gasteiger partial charge in [0.25, 0.3) is 5.91 Å². The smallest absolute Gasteiger partial charge is 0.405 e. The summed E-state index contributed by atoms with van der Waals surface area (Å²) in [6.45, 7) is 3.62. The number of aromatic nitrogens is 3. The van der Waals surface area contributed by atoms with Gasteiger partial charge in [-0.3, -0.25) is 14.6 Å². The Bertz CT molecular complexity index is 910. The molecule has 33 heavy (non-hydrogen) atoms. The lowest BCUT2D eigenvalue weighted by atomic mass is 10.2. The number of hydrogen-bond acceptors (Lipinski definition) is 8. The van der Waals surface area contributed by atoms with Gasteiger partial charge in [-0.2, -0.15) is 4.98 Å². The molecule has 178 valence electrons. The van der Waals surface area contributed by atoms with E-state index in [9.17, 15) is 14.4 Å². The van der Waals surface area contributed by atoms with E-state index in [4.69, 9.17) is 5.11 Å². The van der Waals surface area contributed by atoms with Crippen molar-refractivity contribution >= 4 is 29.7 Å². The summed E-state index contributed by atoms with van der Waals surface area (Å²) >= 11 is 0. The summed E-state index contributed by atoms with van der Waals surface area (Å²) in [5, 5.41) is 22.1. The molecule has 0 aliphatic heterocycles. The lowest BCUT2D eigenvalue weighted by Gasteiger charge is -2.13. The maximum Gasteiger partial charge on any atom is 0.405 e. The van der Waals surface area contributed by atoms with Crippen molar-refractivity contribution in [2.75, 3.05) is 43.4 Å². The highest BCUT2D eigenvalue weighted by Gasteiger charge is 2.14. The third kappa shape index (κ3) is 9.80. The second kappa shape index (κ2) is 14.2. The molecule has 2 aromatic rings. The minimum atomic E-state index is -1.26. The van der Waals surface area contributed by atoms with E-state index >= 15 is 0 Å². The predicted octanol–water partition coefficient (Wildman–Crippen LogP) is 0.852. The molecule has 0 saturated heterocycles. The average Bonchev–Trinajstić information content (AvgIpc) is 2.81. The van der Waals surface area contributed by atoms with Crippen LogP contribution in [0.15, 0.2) is 30.7 Å². The van der Waals surface area contributed by atoms with Gasteiger partial charge in [-0.25, -0.2) is 9.78 Å². The van der Waals surface area contributed by atoms with Crippen LogP contribution in [-0.2, 0) is 11.2 Å². The number of rotatable bonds is 14. The molecule has 0 bridgehead atoms. The van der Waals surface area contributed by atoms with Gasteiger partial charge in [-0.15, -0.1) is 0 Å². The van der Waals surface area contributed by atoms with Crippen LogP contribution in [0.4, 0.5) is 16.6 Å². The molecule has 0 fully saturated rings. The van der Waals surface area contributed by atoms with Gasteiger partial charge in [0.05, 0.1) is 6.54 Å². The number of nitrogens with one attached hydrogen (secondary N) is 5. The first-order valence-electron chi connectivity index (χ1n) is 10.7. The van der Waals surface area contributed by atoms with Gasteiger partial charge in [0.2, 0.25) is 11.9 Å². The summed E-state index contributed by atoms with van der Waals surface area (Å²) < 4.78 is 0. The van der Waals surface area contributed by atoms with Crippen molar-refractivity contribution in [1.82, 2.24) is 30.9 Å². The first-order valence-corrected chi connectivity index (χ1v) is 10.7. The number of carbonyl (C=O) groups excluding carboxylic acids is 2. The van der Waals surface area contributed by atoms with Crippen LogP contribution >= 0.6 is 0 Å². The molecular formula is C21H30N8O4. The van der Waals surface area contributed by atoms with Crippen molar-refractivity contribution in [3.63, 3.8) is 0 Å². The lowest BCUT2D eigenvalue weighted by Crippen LogP contribution is -2.37. The minimum absolute atomic E-state index is 0.304. The fourth-order valence-electron chi connectivity index (χ4n) is 2.71. The summed E-state index contributed by atoms with van der Waals surface area (Å²) in [6, 6.07) is 3.89. The maximum atomic E-state index is 12.6. The van der Waals surface area contributed by atoms with Crippen LogP contribution in [0.2, 0.25) is 0 Å². The minimum Gasteiger partial charge on any atom is -0.465 e. The average molecular weight is 459 g/mol. The molecule has 0 radical (unpaired) electrons. The normalized spacial score (nSPS) is 10.2. The Morgan fingerprint density at radius 3 is 2.45 bits per heavy atom. The van der Waals surface area contributed by atoms with Crippen LogP contribution in [0, 0.1) is 0 Å². The van der Waals surface area contributed by atoms with Crippen LogP contribution in [0.25, 0.3) is 0 Å². The molecule has 0 spiro atoms. The van der Waals surface area contributed by atoms with Gasteiger partial charge in [0.15, 0.2) is 0 Å². The van der Waals surface area contributed by atoms with Crippen molar-refractivity contribution in [2.24, 2.45) is 0 Å². The Labute approximate surface area is 192 Å². The van der Waals surface area contributed by atoms with Crippen LogP contribution in [-0.4, -0.2) is 70.7 Å². The zero-order valence-electron chi connectivity index (χ0n) is 18.6. The van der Waals surface area contributed by atoms with E-state index in [0.29, 0.717) is 49.9 Å². The summed E-state index contributed by atoms with van der Waals surface area (Å²) in [6.07, 6.45) is 5.85. The van der Waals surface area contributed by atoms with Gasteiger partial charge in [0, 0.05) is 44.8 Å². The first-order chi connectivity index (χ1) is 16.0. The van der Waals surface area contributed by atoms with E-state index < -0.39 is 12.0 Å². The Morgan fingerprint density at radius 2 is 1.73 bits per heavy atom. The summed E-state index contributed by atoms with van der Waals surface area (Å²) in [5.41, 5.74) is 1.48. The third-order valence-corrected chi connectivity index (χ3v) is 4.38. The zero-order chi connectivity index (χ0) is 23.9. The van der Waals surface area contributed by atoms with Crippen molar-refractivity contribution in [3.05, 3.63) is 41.9 Å². The highest BCUT2D eigenvalue weighted by molar-refractivity contribution is 5.98. The summed E-state index contributed by atoms with van der Waals surface area (Å²) in [7, 11) is 0. The Hall–Kier alpha value is -3.96. The molecular weight excluding hydrogens is 428 g/mol. The van der Waals surface area contributed by atoms with Crippen LogP contribution in [0.1, 0.15) is 35.7 Å². The molecule has 0 atom stereocenters. The van der Waals surface area contributed by atoms with Crippen LogP contribution in [0.5, 0.6) is 0 Å². The van der Waals surface area contributed by atoms with Crippen LogP contribution in [0.3, 0.4) is 0 Å². The Morgan fingerprint density at radius 1 is 0.970 bits per heavy atom. The highest BCUT2D eigenvalue weighted by atomic mass is 16.4. The molecule has 2 aromatic heterocycles. The molecule has 6 N–H and O–H groups in total. The molecule has 0 aromatic carbocycles. The SMILES string of the molecule is CCCNc1nc(NCCc2ccncc2)ncc1C(=O)NCCCNC(=O)CNC(=O)O. The molecule has 0 aliphatic rings. The number of pyridine rings is 1. The standard InChI is InChI=1S/C21H30N8O4/c1-2-7-24-18-16(19(31)25-9-3-8-23-17(30)14-28-21(32)33)13-27-20(29-18)26-12-6-15-4-10-22-11-5-15/h4-5,10-11,13,28H,2-3,6-9,12,14H2,1H3,(H,23,30)(H,25,31)(H,32,33)(H2,24,26,27,29). The van der Waals surface area contributed by atoms with Gasteiger partial charge in [-0.1, -0.05) is 6.92 Å². The number of anilines is 2. The van der Waals surface area contributed by atoms with Crippen molar-refractivity contribution in [3.8, 4) is 0 Å².